The Hall–Kier alpha value is -2.37. The molecule has 0 spiro atoms. The molecular formula is C22H24ClN3O2. The van der Waals surface area contributed by atoms with E-state index in [0.717, 1.165) is 48.1 Å². The lowest BCUT2D eigenvalue weighted by Crippen LogP contribution is -2.51. The highest BCUT2D eigenvalue weighted by Gasteiger charge is 2.37. The van der Waals surface area contributed by atoms with Crippen LogP contribution in [0.3, 0.4) is 0 Å². The van der Waals surface area contributed by atoms with Crippen molar-refractivity contribution in [3.63, 3.8) is 0 Å². The van der Waals surface area contributed by atoms with Crippen molar-refractivity contribution >= 4 is 34.7 Å². The Labute approximate surface area is 170 Å². The molecule has 2 heterocycles. The fourth-order valence-electron chi connectivity index (χ4n) is 3.84. The molecule has 1 amide bonds. The molecule has 146 valence electrons. The number of piperazine rings is 1. The molecule has 0 aliphatic carbocycles. The van der Waals surface area contributed by atoms with Gasteiger partial charge in [0.25, 0.3) is 5.78 Å². The van der Waals surface area contributed by atoms with Crippen molar-refractivity contribution in [2.45, 2.75) is 19.8 Å². The van der Waals surface area contributed by atoms with Gasteiger partial charge in [-0.3, -0.25) is 19.4 Å². The van der Waals surface area contributed by atoms with Crippen molar-refractivity contribution in [1.29, 1.82) is 0 Å². The molecule has 0 bridgehead atoms. The summed E-state index contributed by atoms with van der Waals surface area (Å²) in [6.07, 6.45) is 0. The Kier molecular flexibility index (Phi) is 5.13. The molecule has 2 aliphatic rings. The third-order valence-electron chi connectivity index (χ3n) is 5.55. The van der Waals surface area contributed by atoms with E-state index in [-0.39, 0.29) is 0 Å². The zero-order valence-electron chi connectivity index (χ0n) is 16.2. The number of hydrogen-bond donors (Lipinski definition) is 0. The van der Waals surface area contributed by atoms with Crippen LogP contribution in [0, 0.1) is 0 Å². The number of amides is 1. The van der Waals surface area contributed by atoms with Gasteiger partial charge in [0.2, 0.25) is 0 Å². The van der Waals surface area contributed by atoms with Crippen molar-refractivity contribution in [3.8, 4) is 0 Å². The first-order valence-electron chi connectivity index (χ1n) is 9.67. The molecule has 28 heavy (non-hydrogen) atoms. The van der Waals surface area contributed by atoms with E-state index < -0.39 is 11.7 Å². The predicted molar refractivity (Wildman–Crippen MR) is 112 cm³/mol. The first-order chi connectivity index (χ1) is 13.4. The lowest BCUT2D eigenvalue weighted by atomic mass is 9.99. The van der Waals surface area contributed by atoms with Crippen LogP contribution in [0.5, 0.6) is 0 Å². The predicted octanol–water partition coefficient (Wildman–Crippen LogP) is 3.77. The van der Waals surface area contributed by atoms with Gasteiger partial charge in [-0.1, -0.05) is 37.6 Å². The van der Waals surface area contributed by atoms with Crippen molar-refractivity contribution in [3.05, 3.63) is 58.6 Å². The van der Waals surface area contributed by atoms with E-state index in [9.17, 15) is 9.59 Å². The average Bonchev–Trinajstić information content (AvgIpc) is 2.93. The molecule has 2 aromatic rings. The first-order valence-corrected chi connectivity index (χ1v) is 10.0. The number of halogens is 1. The van der Waals surface area contributed by atoms with Gasteiger partial charge in [0.15, 0.2) is 0 Å². The summed E-state index contributed by atoms with van der Waals surface area (Å²) in [5.41, 5.74) is 3.47. The maximum Gasteiger partial charge on any atom is 0.300 e. The molecule has 2 aliphatic heterocycles. The van der Waals surface area contributed by atoms with Gasteiger partial charge in [-0.15, -0.1) is 0 Å². The monoisotopic (exact) mass is 397 g/mol. The van der Waals surface area contributed by atoms with Crippen molar-refractivity contribution in [2.75, 3.05) is 42.6 Å². The average molecular weight is 398 g/mol. The quantitative estimate of drug-likeness (QED) is 0.736. The van der Waals surface area contributed by atoms with Crippen LogP contribution >= 0.6 is 11.6 Å². The summed E-state index contributed by atoms with van der Waals surface area (Å²) in [4.78, 5) is 31.2. The SMILES string of the molecule is CC(C)c1ccc2c(c1)C(=O)C(=O)N2CN1CCN(c2cccc(Cl)c2)CC1. The van der Waals surface area contributed by atoms with Crippen LogP contribution in [0.1, 0.15) is 35.7 Å². The number of Topliss-reactive ketones (excluding diaryl/α,β-unsaturated/α-hetero) is 1. The smallest absolute Gasteiger partial charge is 0.300 e. The lowest BCUT2D eigenvalue weighted by Gasteiger charge is -2.37. The molecule has 1 fully saturated rings. The highest BCUT2D eigenvalue weighted by atomic mass is 35.5. The number of nitrogens with zero attached hydrogens (tertiary/aromatic N) is 3. The number of carbonyl (C=O) groups excluding carboxylic acids is 2. The number of hydrogen-bond acceptors (Lipinski definition) is 4. The summed E-state index contributed by atoms with van der Waals surface area (Å²) in [5.74, 6) is -0.495. The Morgan fingerprint density at radius 3 is 2.43 bits per heavy atom. The van der Waals surface area contributed by atoms with Crippen LogP contribution < -0.4 is 9.80 Å². The Bertz CT molecular complexity index is 920. The fourth-order valence-corrected chi connectivity index (χ4v) is 4.02. The van der Waals surface area contributed by atoms with Gasteiger partial charge < -0.3 is 4.90 Å². The van der Waals surface area contributed by atoms with Gasteiger partial charge in [0.05, 0.1) is 17.9 Å². The summed E-state index contributed by atoms with van der Waals surface area (Å²) in [6, 6.07) is 13.7. The molecule has 0 aromatic heterocycles. The number of rotatable bonds is 4. The van der Waals surface area contributed by atoms with Crippen LogP contribution in [-0.4, -0.2) is 49.4 Å². The second-order valence-electron chi connectivity index (χ2n) is 7.72. The topological polar surface area (TPSA) is 43.9 Å². The van der Waals surface area contributed by atoms with Crippen molar-refractivity contribution in [2.24, 2.45) is 0 Å². The summed E-state index contributed by atoms with van der Waals surface area (Å²) in [6.45, 7) is 7.97. The Balaban J connectivity index is 1.45. The van der Waals surface area contributed by atoms with E-state index in [2.05, 4.69) is 29.7 Å². The van der Waals surface area contributed by atoms with Crippen molar-refractivity contribution < 1.29 is 9.59 Å². The summed E-state index contributed by atoms with van der Waals surface area (Å²) < 4.78 is 0. The molecule has 6 heteroatoms. The van der Waals surface area contributed by atoms with Crippen LogP contribution in [0.2, 0.25) is 5.02 Å². The van der Waals surface area contributed by atoms with Crippen molar-refractivity contribution in [1.82, 2.24) is 4.90 Å². The summed E-state index contributed by atoms with van der Waals surface area (Å²) >= 11 is 6.10. The van der Waals surface area contributed by atoms with Crippen LogP contribution in [0.25, 0.3) is 0 Å². The molecule has 1 saturated heterocycles. The largest absolute Gasteiger partial charge is 0.369 e. The number of ketones is 1. The second-order valence-corrected chi connectivity index (χ2v) is 8.16. The van der Waals surface area contributed by atoms with Gasteiger partial charge >= 0.3 is 5.91 Å². The standard InChI is InChI=1S/C22H24ClN3O2/c1-15(2)16-6-7-20-19(12-16)21(27)22(28)26(20)14-24-8-10-25(11-9-24)18-5-3-4-17(23)13-18/h3-7,12-13,15H,8-11,14H2,1-2H3. The van der Waals surface area contributed by atoms with E-state index in [1.54, 1.807) is 4.90 Å². The van der Waals surface area contributed by atoms with Gasteiger partial charge in [-0.2, -0.15) is 0 Å². The van der Waals surface area contributed by atoms with E-state index in [1.165, 1.54) is 0 Å². The Morgan fingerprint density at radius 2 is 1.75 bits per heavy atom. The molecule has 2 aromatic carbocycles. The van der Waals surface area contributed by atoms with E-state index in [0.29, 0.717) is 18.2 Å². The number of anilines is 2. The minimum atomic E-state index is -0.423. The zero-order valence-corrected chi connectivity index (χ0v) is 16.9. The number of fused-ring (bicyclic) bond motifs is 1. The molecule has 0 atom stereocenters. The minimum absolute atomic E-state index is 0.321. The summed E-state index contributed by atoms with van der Waals surface area (Å²) in [5, 5.41) is 0.735. The molecule has 5 nitrogen and oxygen atoms in total. The van der Waals surface area contributed by atoms with Crippen LogP contribution in [-0.2, 0) is 4.79 Å². The first kappa shape index (κ1) is 19.0. The second kappa shape index (κ2) is 7.57. The maximum absolute atomic E-state index is 12.6. The van der Waals surface area contributed by atoms with Gasteiger partial charge in [-0.05, 0) is 41.8 Å². The highest BCUT2D eigenvalue weighted by molar-refractivity contribution is 6.52. The molecule has 0 saturated carbocycles. The normalized spacial score (nSPS) is 17.6. The van der Waals surface area contributed by atoms with E-state index in [1.807, 2.05) is 36.4 Å². The minimum Gasteiger partial charge on any atom is -0.369 e. The van der Waals surface area contributed by atoms with Crippen LogP contribution in [0.4, 0.5) is 11.4 Å². The molecule has 0 unspecified atom stereocenters. The lowest BCUT2D eigenvalue weighted by molar-refractivity contribution is -0.114. The van der Waals surface area contributed by atoms with E-state index in [4.69, 9.17) is 11.6 Å². The third-order valence-corrected chi connectivity index (χ3v) is 5.78. The molecule has 0 N–H and O–H groups in total. The van der Waals surface area contributed by atoms with Gasteiger partial charge in [0.1, 0.15) is 0 Å². The van der Waals surface area contributed by atoms with Gasteiger partial charge in [0, 0.05) is 36.9 Å². The van der Waals surface area contributed by atoms with E-state index >= 15 is 0 Å². The Morgan fingerprint density at radius 1 is 1.00 bits per heavy atom. The number of carbonyl (C=O) groups is 2. The molecule has 4 rings (SSSR count). The van der Waals surface area contributed by atoms with Crippen LogP contribution in [0.15, 0.2) is 42.5 Å². The third kappa shape index (κ3) is 3.52. The fraction of sp³-hybridized carbons (Fsp3) is 0.364. The maximum atomic E-state index is 12.6. The van der Waals surface area contributed by atoms with Gasteiger partial charge in [-0.25, -0.2) is 0 Å². The molecular weight excluding hydrogens is 374 g/mol. The molecule has 0 radical (unpaired) electrons. The highest BCUT2D eigenvalue weighted by Crippen LogP contribution is 2.32. The number of benzene rings is 2. The zero-order chi connectivity index (χ0) is 19.8. The summed E-state index contributed by atoms with van der Waals surface area (Å²) in [7, 11) is 0.